The van der Waals surface area contributed by atoms with Gasteiger partial charge in [-0.25, -0.2) is 9.59 Å². The highest BCUT2D eigenvalue weighted by Crippen LogP contribution is 2.21. The SMILES string of the molecule is NC(CNC(=O)Nc1ccc(O)c(C(=O)O)c1)C(=O)O. The number of rotatable bonds is 5. The molecule has 0 aromatic heterocycles. The molecular weight excluding hydrogens is 270 g/mol. The minimum absolute atomic E-state index is 0.126. The second-order valence-corrected chi connectivity index (χ2v) is 3.82. The maximum atomic E-state index is 11.4. The van der Waals surface area contributed by atoms with E-state index in [1.807, 2.05) is 0 Å². The van der Waals surface area contributed by atoms with Gasteiger partial charge in [-0.3, -0.25) is 4.79 Å². The van der Waals surface area contributed by atoms with Gasteiger partial charge in [0.2, 0.25) is 0 Å². The van der Waals surface area contributed by atoms with Crippen LogP contribution in [-0.4, -0.2) is 45.9 Å². The Bertz CT molecular complexity index is 545. The van der Waals surface area contributed by atoms with Crippen molar-refractivity contribution >= 4 is 23.7 Å². The number of carboxylic acid groups (broad SMARTS) is 2. The molecule has 108 valence electrons. The number of hydrogen-bond acceptors (Lipinski definition) is 5. The third-order valence-electron chi connectivity index (χ3n) is 2.28. The Kier molecular flexibility index (Phi) is 4.87. The summed E-state index contributed by atoms with van der Waals surface area (Å²) in [7, 11) is 0. The zero-order valence-electron chi connectivity index (χ0n) is 10.2. The Labute approximate surface area is 113 Å². The summed E-state index contributed by atoms with van der Waals surface area (Å²) in [5.74, 6) is -3.04. The van der Waals surface area contributed by atoms with Gasteiger partial charge in [0.05, 0.1) is 0 Å². The summed E-state index contributed by atoms with van der Waals surface area (Å²) in [6.45, 7) is -0.287. The van der Waals surface area contributed by atoms with Crippen molar-refractivity contribution in [2.24, 2.45) is 5.73 Å². The number of aromatic carboxylic acids is 1. The van der Waals surface area contributed by atoms with Crippen LogP contribution in [0.25, 0.3) is 0 Å². The Balaban J connectivity index is 2.65. The quantitative estimate of drug-likeness (QED) is 0.401. The normalized spacial score (nSPS) is 11.4. The van der Waals surface area contributed by atoms with E-state index in [1.54, 1.807) is 0 Å². The number of carboxylic acids is 2. The van der Waals surface area contributed by atoms with Gasteiger partial charge in [-0.2, -0.15) is 0 Å². The van der Waals surface area contributed by atoms with E-state index in [2.05, 4.69) is 10.6 Å². The lowest BCUT2D eigenvalue weighted by Crippen LogP contribution is -2.43. The van der Waals surface area contributed by atoms with E-state index in [0.717, 1.165) is 12.1 Å². The lowest BCUT2D eigenvalue weighted by atomic mass is 10.2. The maximum Gasteiger partial charge on any atom is 0.339 e. The van der Waals surface area contributed by atoms with Gasteiger partial charge in [0.25, 0.3) is 0 Å². The average Bonchev–Trinajstić information content (AvgIpc) is 2.37. The van der Waals surface area contributed by atoms with Crippen molar-refractivity contribution in [3.8, 4) is 5.75 Å². The number of amides is 2. The van der Waals surface area contributed by atoms with E-state index in [9.17, 15) is 19.5 Å². The molecule has 9 heteroatoms. The fourth-order valence-corrected chi connectivity index (χ4v) is 1.25. The van der Waals surface area contributed by atoms with Crippen LogP contribution in [-0.2, 0) is 4.79 Å². The van der Waals surface area contributed by atoms with Crippen LogP contribution in [0.2, 0.25) is 0 Å². The summed E-state index contributed by atoms with van der Waals surface area (Å²) in [6, 6.07) is 1.48. The van der Waals surface area contributed by atoms with Crippen LogP contribution in [0, 0.1) is 0 Å². The first kappa shape index (κ1) is 15.2. The minimum atomic E-state index is -1.35. The van der Waals surface area contributed by atoms with Gasteiger partial charge in [0.1, 0.15) is 17.4 Å². The predicted molar refractivity (Wildman–Crippen MR) is 67.7 cm³/mol. The molecule has 0 aliphatic heterocycles. The zero-order valence-corrected chi connectivity index (χ0v) is 10.2. The van der Waals surface area contributed by atoms with E-state index >= 15 is 0 Å². The van der Waals surface area contributed by atoms with Crippen LogP contribution >= 0.6 is 0 Å². The lowest BCUT2D eigenvalue weighted by Gasteiger charge is -2.10. The molecule has 0 spiro atoms. The second kappa shape index (κ2) is 6.38. The summed E-state index contributed by atoms with van der Waals surface area (Å²) in [5.41, 5.74) is 4.95. The molecule has 0 aliphatic carbocycles. The number of nitrogens with two attached hydrogens (primary N) is 1. The molecule has 1 unspecified atom stereocenters. The highest BCUT2D eigenvalue weighted by molar-refractivity contribution is 5.95. The first-order chi connectivity index (χ1) is 9.31. The van der Waals surface area contributed by atoms with Crippen molar-refractivity contribution in [3.63, 3.8) is 0 Å². The molecule has 0 radical (unpaired) electrons. The van der Waals surface area contributed by atoms with Crippen LogP contribution < -0.4 is 16.4 Å². The van der Waals surface area contributed by atoms with E-state index in [1.165, 1.54) is 6.07 Å². The number of carbonyl (C=O) groups excluding carboxylic acids is 1. The molecule has 9 nitrogen and oxygen atoms in total. The fraction of sp³-hybridized carbons (Fsp3) is 0.182. The molecule has 2 amide bonds. The Morgan fingerprint density at radius 3 is 2.45 bits per heavy atom. The van der Waals surface area contributed by atoms with Crippen LogP contribution in [0.3, 0.4) is 0 Å². The van der Waals surface area contributed by atoms with Crippen LogP contribution in [0.5, 0.6) is 5.75 Å². The molecular formula is C11H13N3O6. The lowest BCUT2D eigenvalue weighted by molar-refractivity contribution is -0.138. The molecule has 1 atom stereocenters. The summed E-state index contributed by atoms with van der Waals surface area (Å²) < 4.78 is 0. The summed E-state index contributed by atoms with van der Waals surface area (Å²) in [4.78, 5) is 32.6. The number of nitrogens with one attached hydrogen (secondary N) is 2. The Morgan fingerprint density at radius 1 is 1.25 bits per heavy atom. The molecule has 1 rings (SSSR count). The van der Waals surface area contributed by atoms with Crippen molar-refractivity contribution in [2.45, 2.75) is 6.04 Å². The average molecular weight is 283 g/mol. The summed E-state index contributed by atoms with van der Waals surface area (Å²) in [5, 5.41) is 31.1. The van der Waals surface area contributed by atoms with Gasteiger partial charge in [-0.15, -0.1) is 0 Å². The van der Waals surface area contributed by atoms with E-state index in [0.29, 0.717) is 0 Å². The molecule has 1 aromatic rings. The van der Waals surface area contributed by atoms with Crippen LogP contribution in [0.1, 0.15) is 10.4 Å². The van der Waals surface area contributed by atoms with E-state index < -0.39 is 29.8 Å². The smallest absolute Gasteiger partial charge is 0.339 e. The number of carbonyl (C=O) groups is 3. The number of aromatic hydroxyl groups is 1. The standard InChI is InChI=1S/C11H13N3O6/c12-7(10(18)19)4-13-11(20)14-5-1-2-8(15)6(3-5)9(16)17/h1-3,7,15H,4,12H2,(H,16,17)(H,18,19)(H2,13,14,20). The predicted octanol–water partition coefficient (Wildman–Crippen LogP) is -0.376. The van der Waals surface area contributed by atoms with E-state index in [-0.39, 0.29) is 17.8 Å². The summed E-state index contributed by atoms with van der Waals surface area (Å²) in [6.07, 6.45) is 0. The van der Waals surface area contributed by atoms with Gasteiger partial charge in [-0.1, -0.05) is 0 Å². The second-order valence-electron chi connectivity index (χ2n) is 3.82. The molecule has 0 aliphatic rings. The van der Waals surface area contributed by atoms with Crippen LogP contribution in [0.4, 0.5) is 10.5 Å². The topological polar surface area (TPSA) is 162 Å². The number of anilines is 1. The maximum absolute atomic E-state index is 11.4. The minimum Gasteiger partial charge on any atom is -0.507 e. The first-order valence-corrected chi connectivity index (χ1v) is 5.41. The number of hydrogen-bond donors (Lipinski definition) is 6. The van der Waals surface area contributed by atoms with Crippen molar-refractivity contribution < 1.29 is 29.7 Å². The zero-order chi connectivity index (χ0) is 15.3. The first-order valence-electron chi connectivity index (χ1n) is 5.41. The fourth-order valence-electron chi connectivity index (χ4n) is 1.25. The van der Waals surface area contributed by atoms with Crippen molar-refractivity contribution in [3.05, 3.63) is 23.8 Å². The Hall–Kier alpha value is -2.81. The van der Waals surface area contributed by atoms with E-state index in [4.69, 9.17) is 15.9 Å². The molecule has 0 fully saturated rings. The van der Waals surface area contributed by atoms with Gasteiger partial charge in [-0.05, 0) is 18.2 Å². The molecule has 1 aromatic carbocycles. The van der Waals surface area contributed by atoms with Crippen molar-refractivity contribution in [1.82, 2.24) is 5.32 Å². The third kappa shape index (κ3) is 4.14. The number of benzene rings is 1. The van der Waals surface area contributed by atoms with Crippen molar-refractivity contribution in [1.29, 1.82) is 0 Å². The van der Waals surface area contributed by atoms with Gasteiger partial charge in [0.15, 0.2) is 0 Å². The Morgan fingerprint density at radius 2 is 1.90 bits per heavy atom. The molecule has 20 heavy (non-hydrogen) atoms. The van der Waals surface area contributed by atoms with Crippen molar-refractivity contribution in [2.75, 3.05) is 11.9 Å². The molecule has 0 bridgehead atoms. The van der Waals surface area contributed by atoms with Gasteiger partial charge >= 0.3 is 18.0 Å². The summed E-state index contributed by atoms with van der Waals surface area (Å²) >= 11 is 0. The number of phenols is 1. The highest BCUT2D eigenvalue weighted by atomic mass is 16.4. The van der Waals surface area contributed by atoms with Gasteiger partial charge < -0.3 is 31.7 Å². The number of aliphatic carboxylic acids is 1. The monoisotopic (exact) mass is 283 g/mol. The van der Waals surface area contributed by atoms with Gasteiger partial charge in [0, 0.05) is 12.2 Å². The molecule has 0 heterocycles. The molecule has 0 saturated carbocycles. The number of urea groups is 1. The largest absolute Gasteiger partial charge is 0.507 e. The van der Waals surface area contributed by atoms with Crippen LogP contribution in [0.15, 0.2) is 18.2 Å². The highest BCUT2D eigenvalue weighted by Gasteiger charge is 2.14. The molecule has 7 N–H and O–H groups in total. The third-order valence-corrected chi connectivity index (χ3v) is 2.28. The molecule has 0 saturated heterocycles.